The number of nitrogens with zero attached hydrogens (tertiary/aromatic N) is 3. The number of hydrogen-bond acceptors (Lipinski definition) is 4. The number of carbonyl (C=O) groups excluding carboxylic acids is 1. The first-order valence-electron chi connectivity index (χ1n) is 6.22. The fraction of sp³-hybridized carbons (Fsp3) is 0.818. The summed E-state index contributed by atoms with van der Waals surface area (Å²) in [6.07, 6.45) is 4.01. The van der Waals surface area contributed by atoms with Gasteiger partial charge in [-0.2, -0.15) is 5.21 Å². The third-order valence-corrected chi connectivity index (χ3v) is 2.88. The molecule has 0 radical (unpaired) electrons. The van der Waals surface area contributed by atoms with Crippen molar-refractivity contribution in [2.24, 2.45) is 5.92 Å². The number of carbonyl (C=O) groups is 1. The standard InChI is InChI=1S/C11H21N5O/c1-4-6-7-9(5-2)11(17)12-8(3)10-13-15-16-14-10/h8-9H,4-7H2,1-3H3,(H,12,17)(H,13,14,15,16). The maximum absolute atomic E-state index is 12.0. The summed E-state index contributed by atoms with van der Waals surface area (Å²) in [7, 11) is 0. The lowest BCUT2D eigenvalue weighted by Crippen LogP contribution is -2.33. The molecule has 6 nitrogen and oxygen atoms in total. The smallest absolute Gasteiger partial charge is 0.223 e. The van der Waals surface area contributed by atoms with E-state index in [0.717, 1.165) is 25.7 Å². The lowest BCUT2D eigenvalue weighted by atomic mass is 9.98. The summed E-state index contributed by atoms with van der Waals surface area (Å²) in [5.41, 5.74) is 0. The first kappa shape index (κ1) is 13.6. The van der Waals surface area contributed by atoms with Gasteiger partial charge in [0.05, 0.1) is 6.04 Å². The molecule has 6 heteroatoms. The van der Waals surface area contributed by atoms with Crippen molar-refractivity contribution in [3.8, 4) is 0 Å². The maximum atomic E-state index is 12.0. The van der Waals surface area contributed by atoms with E-state index in [1.54, 1.807) is 0 Å². The van der Waals surface area contributed by atoms with Crippen LogP contribution in [0.1, 0.15) is 58.3 Å². The second-order valence-electron chi connectivity index (χ2n) is 4.25. The Morgan fingerprint density at radius 3 is 2.76 bits per heavy atom. The van der Waals surface area contributed by atoms with Crippen molar-refractivity contribution in [3.63, 3.8) is 0 Å². The molecular formula is C11H21N5O. The van der Waals surface area contributed by atoms with Gasteiger partial charge >= 0.3 is 0 Å². The number of unbranched alkanes of at least 4 members (excludes halogenated alkanes) is 1. The Hall–Kier alpha value is -1.46. The van der Waals surface area contributed by atoms with Crippen LogP contribution < -0.4 is 5.32 Å². The van der Waals surface area contributed by atoms with Crippen LogP contribution in [-0.4, -0.2) is 26.5 Å². The molecule has 1 amide bonds. The maximum Gasteiger partial charge on any atom is 0.223 e. The van der Waals surface area contributed by atoms with Crippen molar-refractivity contribution in [1.29, 1.82) is 0 Å². The zero-order chi connectivity index (χ0) is 12.7. The van der Waals surface area contributed by atoms with E-state index < -0.39 is 0 Å². The Labute approximate surface area is 102 Å². The predicted molar refractivity (Wildman–Crippen MR) is 64.0 cm³/mol. The van der Waals surface area contributed by atoms with Crippen LogP contribution in [0.3, 0.4) is 0 Å². The Kier molecular flexibility index (Phi) is 5.59. The molecule has 96 valence electrons. The molecule has 0 aromatic carbocycles. The fourth-order valence-corrected chi connectivity index (χ4v) is 1.72. The van der Waals surface area contributed by atoms with Crippen molar-refractivity contribution in [2.45, 2.75) is 52.5 Å². The summed E-state index contributed by atoms with van der Waals surface area (Å²) in [4.78, 5) is 12.0. The van der Waals surface area contributed by atoms with E-state index in [2.05, 4.69) is 32.9 Å². The molecule has 2 atom stereocenters. The quantitative estimate of drug-likeness (QED) is 0.757. The molecule has 1 aromatic heterocycles. The highest BCUT2D eigenvalue weighted by Crippen LogP contribution is 2.14. The van der Waals surface area contributed by atoms with E-state index in [-0.39, 0.29) is 17.9 Å². The normalized spacial score (nSPS) is 14.3. The number of H-pyrrole nitrogens is 1. The van der Waals surface area contributed by atoms with Crippen molar-refractivity contribution >= 4 is 5.91 Å². The van der Waals surface area contributed by atoms with E-state index in [9.17, 15) is 4.79 Å². The van der Waals surface area contributed by atoms with Gasteiger partial charge in [-0.1, -0.05) is 31.9 Å². The largest absolute Gasteiger partial charge is 0.346 e. The van der Waals surface area contributed by atoms with Crippen LogP contribution in [0.4, 0.5) is 0 Å². The topological polar surface area (TPSA) is 83.6 Å². The monoisotopic (exact) mass is 239 g/mol. The van der Waals surface area contributed by atoms with E-state index in [0.29, 0.717) is 5.82 Å². The van der Waals surface area contributed by atoms with E-state index in [1.165, 1.54) is 0 Å². The minimum Gasteiger partial charge on any atom is -0.346 e. The SMILES string of the molecule is CCCCC(CC)C(=O)NC(C)c1nn[nH]n1. The third kappa shape index (κ3) is 4.13. The summed E-state index contributed by atoms with van der Waals surface area (Å²) < 4.78 is 0. The number of hydrogen-bond donors (Lipinski definition) is 2. The molecule has 0 aliphatic carbocycles. The summed E-state index contributed by atoms with van der Waals surface area (Å²) in [5, 5.41) is 16.5. The first-order chi connectivity index (χ1) is 8.19. The number of aromatic amines is 1. The molecule has 0 fully saturated rings. The average Bonchev–Trinajstić information content (AvgIpc) is 2.83. The molecule has 1 aromatic rings. The third-order valence-electron chi connectivity index (χ3n) is 2.88. The molecule has 0 spiro atoms. The van der Waals surface area contributed by atoms with Gasteiger partial charge in [-0.25, -0.2) is 0 Å². The predicted octanol–water partition coefficient (Wildman–Crippen LogP) is 1.59. The number of nitrogens with one attached hydrogen (secondary N) is 2. The molecule has 0 aliphatic rings. The molecular weight excluding hydrogens is 218 g/mol. The Bertz CT molecular complexity index is 325. The van der Waals surface area contributed by atoms with Gasteiger partial charge < -0.3 is 5.32 Å². The summed E-state index contributed by atoms with van der Waals surface area (Å²) in [5.74, 6) is 0.686. The summed E-state index contributed by atoms with van der Waals surface area (Å²) >= 11 is 0. The highest BCUT2D eigenvalue weighted by atomic mass is 16.1. The second kappa shape index (κ2) is 6.98. The number of amides is 1. The van der Waals surface area contributed by atoms with E-state index in [1.807, 2.05) is 13.8 Å². The van der Waals surface area contributed by atoms with E-state index >= 15 is 0 Å². The van der Waals surface area contributed by atoms with Crippen LogP contribution in [0.5, 0.6) is 0 Å². The average molecular weight is 239 g/mol. The molecule has 0 aliphatic heterocycles. The van der Waals surface area contributed by atoms with Gasteiger partial charge in [0.15, 0.2) is 5.82 Å². The molecule has 17 heavy (non-hydrogen) atoms. The van der Waals surface area contributed by atoms with Crippen molar-refractivity contribution in [3.05, 3.63) is 5.82 Å². The molecule has 1 rings (SSSR count). The van der Waals surface area contributed by atoms with Crippen LogP contribution in [0.25, 0.3) is 0 Å². The lowest BCUT2D eigenvalue weighted by Gasteiger charge is -2.17. The lowest BCUT2D eigenvalue weighted by molar-refractivity contribution is -0.126. The summed E-state index contributed by atoms with van der Waals surface area (Å²) in [6, 6.07) is -0.197. The van der Waals surface area contributed by atoms with Crippen LogP contribution >= 0.6 is 0 Å². The highest BCUT2D eigenvalue weighted by Gasteiger charge is 2.19. The minimum atomic E-state index is -0.197. The van der Waals surface area contributed by atoms with Gasteiger partial charge in [0.2, 0.25) is 5.91 Å². The summed E-state index contributed by atoms with van der Waals surface area (Å²) in [6.45, 7) is 6.03. The number of aromatic nitrogens is 4. The zero-order valence-electron chi connectivity index (χ0n) is 10.7. The van der Waals surface area contributed by atoms with Crippen LogP contribution in [0.15, 0.2) is 0 Å². The molecule has 0 saturated carbocycles. The van der Waals surface area contributed by atoms with Crippen LogP contribution in [-0.2, 0) is 4.79 Å². The highest BCUT2D eigenvalue weighted by molar-refractivity contribution is 5.78. The Morgan fingerprint density at radius 1 is 1.47 bits per heavy atom. The van der Waals surface area contributed by atoms with Gasteiger partial charge in [0.1, 0.15) is 0 Å². The van der Waals surface area contributed by atoms with Crippen molar-refractivity contribution < 1.29 is 4.79 Å². The Balaban J connectivity index is 2.46. The van der Waals surface area contributed by atoms with Gasteiger partial charge in [0.25, 0.3) is 0 Å². The number of rotatable bonds is 7. The number of tetrazole rings is 1. The molecule has 2 unspecified atom stereocenters. The van der Waals surface area contributed by atoms with Gasteiger partial charge in [0, 0.05) is 5.92 Å². The van der Waals surface area contributed by atoms with Gasteiger partial charge in [-0.3, -0.25) is 4.79 Å². The first-order valence-corrected chi connectivity index (χ1v) is 6.22. The zero-order valence-corrected chi connectivity index (χ0v) is 10.7. The van der Waals surface area contributed by atoms with Crippen molar-refractivity contribution in [2.75, 3.05) is 0 Å². The van der Waals surface area contributed by atoms with Crippen molar-refractivity contribution in [1.82, 2.24) is 25.9 Å². The minimum absolute atomic E-state index is 0.0817. The van der Waals surface area contributed by atoms with Crippen LogP contribution in [0.2, 0.25) is 0 Å². The fourth-order valence-electron chi connectivity index (χ4n) is 1.72. The molecule has 2 N–H and O–H groups in total. The molecule has 0 saturated heterocycles. The second-order valence-corrected chi connectivity index (χ2v) is 4.25. The molecule has 1 heterocycles. The van der Waals surface area contributed by atoms with Gasteiger partial charge in [-0.05, 0) is 19.8 Å². The molecule has 0 bridgehead atoms. The van der Waals surface area contributed by atoms with Gasteiger partial charge in [-0.15, -0.1) is 10.2 Å². The van der Waals surface area contributed by atoms with E-state index in [4.69, 9.17) is 0 Å². The Morgan fingerprint density at radius 2 is 2.24 bits per heavy atom. The van der Waals surface area contributed by atoms with Crippen LogP contribution in [0, 0.1) is 5.92 Å².